The fourth-order valence-electron chi connectivity index (χ4n) is 5.70. The lowest BCUT2D eigenvalue weighted by Crippen LogP contribution is -2.38. The van der Waals surface area contributed by atoms with Crippen LogP contribution in [-0.2, 0) is 43.5 Å². The molecule has 0 unspecified atom stereocenters. The van der Waals surface area contributed by atoms with Gasteiger partial charge in [0.2, 0.25) is 0 Å². The van der Waals surface area contributed by atoms with Gasteiger partial charge < -0.3 is 28.7 Å². The molecule has 226 valence electrons. The first kappa shape index (κ1) is 29.8. The zero-order valence-corrected chi connectivity index (χ0v) is 24.8. The van der Waals surface area contributed by atoms with E-state index in [2.05, 4.69) is 4.98 Å². The molecule has 4 atom stereocenters. The van der Waals surface area contributed by atoms with Gasteiger partial charge in [0.1, 0.15) is 30.1 Å². The summed E-state index contributed by atoms with van der Waals surface area (Å²) in [6.07, 6.45) is -2.11. The van der Waals surface area contributed by atoms with Gasteiger partial charge >= 0.3 is 5.97 Å². The molecule has 1 saturated heterocycles. The minimum atomic E-state index is -0.625. The van der Waals surface area contributed by atoms with Gasteiger partial charge in [0.05, 0.1) is 33.0 Å². The molecule has 0 amide bonds. The molecule has 0 bridgehead atoms. The van der Waals surface area contributed by atoms with E-state index in [4.69, 9.17) is 23.7 Å². The van der Waals surface area contributed by atoms with Crippen LogP contribution in [-0.4, -0.2) is 42.5 Å². The molecule has 7 heteroatoms. The molecule has 1 fully saturated rings. The van der Waals surface area contributed by atoms with Crippen LogP contribution in [0.15, 0.2) is 115 Å². The van der Waals surface area contributed by atoms with E-state index >= 15 is 0 Å². The largest absolute Gasteiger partial charge is 0.461 e. The average molecular weight is 592 g/mol. The van der Waals surface area contributed by atoms with Gasteiger partial charge in [-0.2, -0.15) is 0 Å². The summed E-state index contributed by atoms with van der Waals surface area (Å²) < 4.78 is 31.8. The number of aromatic amines is 1. The summed E-state index contributed by atoms with van der Waals surface area (Å²) >= 11 is 0. The van der Waals surface area contributed by atoms with Gasteiger partial charge in [0.25, 0.3) is 0 Å². The lowest BCUT2D eigenvalue weighted by Gasteiger charge is -2.25. The normalized spacial score (nSPS) is 19.8. The Hall–Kier alpha value is -4.27. The summed E-state index contributed by atoms with van der Waals surface area (Å²) in [7, 11) is 0. The van der Waals surface area contributed by atoms with Crippen LogP contribution in [0.4, 0.5) is 0 Å². The molecular weight excluding hydrogens is 554 g/mol. The van der Waals surface area contributed by atoms with Crippen molar-refractivity contribution >= 4 is 16.9 Å². The molecule has 1 aliphatic rings. The highest BCUT2D eigenvalue weighted by molar-refractivity contribution is 5.98. The van der Waals surface area contributed by atoms with Crippen molar-refractivity contribution in [1.29, 1.82) is 0 Å². The van der Waals surface area contributed by atoms with Crippen molar-refractivity contribution in [2.45, 2.75) is 51.2 Å². The van der Waals surface area contributed by atoms with Crippen LogP contribution in [0.25, 0.3) is 10.9 Å². The maximum Gasteiger partial charge on any atom is 0.355 e. The average Bonchev–Trinajstić information content (AvgIpc) is 3.62. The van der Waals surface area contributed by atoms with Crippen molar-refractivity contribution < 1.29 is 28.5 Å². The lowest BCUT2D eigenvalue weighted by molar-refractivity contribution is -0.0898. The Bertz CT molecular complexity index is 1620. The van der Waals surface area contributed by atoms with Crippen molar-refractivity contribution in [2.24, 2.45) is 0 Å². The van der Waals surface area contributed by atoms with Crippen molar-refractivity contribution in [2.75, 3.05) is 13.2 Å². The van der Waals surface area contributed by atoms with Crippen molar-refractivity contribution in [3.05, 3.63) is 143 Å². The molecule has 4 aromatic carbocycles. The Morgan fingerprint density at radius 2 is 1.25 bits per heavy atom. The van der Waals surface area contributed by atoms with E-state index in [9.17, 15) is 4.79 Å². The van der Waals surface area contributed by atoms with E-state index in [-0.39, 0.29) is 13.2 Å². The Morgan fingerprint density at radius 1 is 0.705 bits per heavy atom. The third kappa shape index (κ3) is 6.93. The maximum atomic E-state index is 13.3. The smallest absolute Gasteiger partial charge is 0.355 e. The second-order valence-electron chi connectivity index (χ2n) is 10.8. The zero-order chi connectivity index (χ0) is 30.1. The number of fused-ring (bicyclic) bond motifs is 1. The number of esters is 1. The molecular formula is C37H37NO6. The molecule has 1 aliphatic heterocycles. The number of aromatic nitrogens is 1. The molecule has 2 heterocycles. The SMILES string of the molecule is CCOC(=O)c1[nH]c2ccccc2c1[C@@H]1O[C@H](COCc2ccccc2)[C@@H](OCc2ccccc2)[C@H]1OCc1ccccc1. The highest BCUT2D eigenvalue weighted by Crippen LogP contribution is 2.43. The van der Waals surface area contributed by atoms with Gasteiger partial charge in [0, 0.05) is 16.5 Å². The van der Waals surface area contributed by atoms with Crippen LogP contribution in [0.2, 0.25) is 0 Å². The number of benzene rings is 4. The summed E-state index contributed by atoms with van der Waals surface area (Å²) in [4.78, 5) is 16.6. The fraction of sp³-hybridized carbons (Fsp3) is 0.270. The van der Waals surface area contributed by atoms with Gasteiger partial charge in [-0.1, -0.05) is 109 Å². The molecule has 1 N–H and O–H groups in total. The van der Waals surface area contributed by atoms with Crippen LogP contribution in [0.5, 0.6) is 0 Å². The van der Waals surface area contributed by atoms with Gasteiger partial charge in [-0.05, 0) is 29.7 Å². The molecule has 7 nitrogen and oxygen atoms in total. The minimum Gasteiger partial charge on any atom is -0.461 e. The van der Waals surface area contributed by atoms with E-state index < -0.39 is 30.4 Å². The number of ether oxygens (including phenoxy) is 5. The van der Waals surface area contributed by atoms with Gasteiger partial charge in [0.15, 0.2) is 0 Å². The number of para-hydroxylation sites is 1. The lowest BCUT2D eigenvalue weighted by atomic mass is 9.98. The van der Waals surface area contributed by atoms with Gasteiger partial charge in [-0.25, -0.2) is 4.79 Å². The Kier molecular flexibility index (Phi) is 9.79. The third-order valence-electron chi connectivity index (χ3n) is 7.78. The van der Waals surface area contributed by atoms with E-state index in [1.165, 1.54) is 0 Å². The predicted octanol–water partition coefficient (Wildman–Crippen LogP) is 7.17. The fourth-order valence-corrected chi connectivity index (χ4v) is 5.70. The summed E-state index contributed by atoms with van der Waals surface area (Å²) in [5, 5.41) is 0.876. The number of nitrogens with one attached hydrogen (secondary N) is 1. The summed E-state index contributed by atoms with van der Waals surface area (Å²) in [6, 6.07) is 37.9. The number of H-pyrrole nitrogens is 1. The molecule has 0 saturated carbocycles. The number of carbonyl (C=O) groups is 1. The van der Waals surface area contributed by atoms with E-state index in [1.807, 2.05) is 115 Å². The van der Waals surface area contributed by atoms with Crippen molar-refractivity contribution in [1.82, 2.24) is 4.98 Å². The number of hydrogen-bond acceptors (Lipinski definition) is 6. The second kappa shape index (κ2) is 14.5. The number of hydrogen-bond donors (Lipinski definition) is 1. The van der Waals surface area contributed by atoms with Crippen LogP contribution in [0.1, 0.15) is 45.8 Å². The molecule has 0 spiro atoms. The number of rotatable bonds is 13. The van der Waals surface area contributed by atoms with Crippen LogP contribution in [0, 0.1) is 0 Å². The predicted molar refractivity (Wildman–Crippen MR) is 168 cm³/mol. The second-order valence-corrected chi connectivity index (χ2v) is 10.8. The molecule has 44 heavy (non-hydrogen) atoms. The Labute approximate surface area is 257 Å². The minimum absolute atomic E-state index is 0.256. The topological polar surface area (TPSA) is 79.0 Å². The first-order chi connectivity index (χ1) is 21.7. The number of carbonyl (C=O) groups excluding carboxylic acids is 1. The van der Waals surface area contributed by atoms with Crippen molar-refractivity contribution in [3.63, 3.8) is 0 Å². The molecule has 0 radical (unpaired) electrons. The zero-order valence-electron chi connectivity index (χ0n) is 24.8. The molecule has 5 aromatic rings. The van der Waals surface area contributed by atoms with E-state index in [0.717, 1.165) is 27.6 Å². The molecule has 1 aromatic heterocycles. The van der Waals surface area contributed by atoms with Gasteiger partial charge in [-0.3, -0.25) is 0 Å². The summed E-state index contributed by atoms with van der Waals surface area (Å²) in [6.45, 7) is 3.50. The van der Waals surface area contributed by atoms with Crippen LogP contribution in [0.3, 0.4) is 0 Å². The van der Waals surface area contributed by atoms with E-state index in [1.54, 1.807) is 6.92 Å². The Morgan fingerprint density at radius 3 is 1.86 bits per heavy atom. The summed E-state index contributed by atoms with van der Waals surface area (Å²) in [5.74, 6) is -0.436. The first-order valence-corrected chi connectivity index (χ1v) is 15.1. The van der Waals surface area contributed by atoms with E-state index in [0.29, 0.717) is 31.1 Å². The van der Waals surface area contributed by atoms with Crippen LogP contribution < -0.4 is 0 Å². The maximum absolute atomic E-state index is 13.3. The van der Waals surface area contributed by atoms with Crippen LogP contribution >= 0.6 is 0 Å². The first-order valence-electron chi connectivity index (χ1n) is 15.1. The third-order valence-corrected chi connectivity index (χ3v) is 7.78. The molecule has 0 aliphatic carbocycles. The Balaban J connectivity index is 1.36. The van der Waals surface area contributed by atoms with Gasteiger partial charge in [-0.15, -0.1) is 0 Å². The highest BCUT2D eigenvalue weighted by Gasteiger charge is 2.49. The van der Waals surface area contributed by atoms with Crippen molar-refractivity contribution in [3.8, 4) is 0 Å². The monoisotopic (exact) mass is 591 g/mol. The quantitative estimate of drug-likeness (QED) is 0.146. The highest BCUT2D eigenvalue weighted by atomic mass is 16.6. The summed E-state index contributed by atoms with van der Waals surface area (Å²) in [5.41, 5.74) is 5.03. The standard InChI is InChI=1S/C37H37NO6/c1-2-41-37(39)33-32(29-20-12-13-21-30(29)38-33)35-36(43-24-28-18-10-5-11-19-28)34(42-23-27-16-8-4-9-17-27)31(44-35)25-40-22-26-14-6-3-7-15-26/h3-21,31,34-36,38H,2,22-25H2,1H3/t31-,34-,35+,36-/m1/s1. The molecule has 6 rings (SSSR count).